The number of hydrogen-bond acceptors (Lipinski definition) is 6. The summed E-state index contributed by atoms with van der Waals surface area (Å²) in [6.07, 6.45) is -0.124. The fourth-order valence-corrected chi connectivity index (χ4v) is 1.70. The monoisotopic (exact) mass is 280 g/mol. The third-order valence-electron chi connectivity index (χ3n) is 2.82. The molecule has 1 aromatic carbocycles. The first-order valence-corrected chi connectivity index (χ1v) is 5.86. The lowest BCUT2D eigenvalue weighted by atomic mass is 9.95. The molecule has 6 heteroatoms. The van der Waals surface area contributed by atoms with Crippen molar-refractivity contribution in [1.82, 2.24) is 0 Å². The minimum absolute atomic E-state index is 0.124. The third kappa shape index (κ3) is 3.81. The molecule has 0 radical (unpaired) electrons. The zero-order valence-corrected chi connectivity index (χ0v) is 11.5. The van der Waals surface area contributed by atoms with Crippen LogP contribution >= 0.6 is 0 Å². The molecule has 1 aromatic rings. The van der Waals surface area contributed by atoms with Crippen LogP contribution in [0.4, 0.5) is 0 Å². The van der Waals surface area contributed by atoms with Gasteiger partial charge in [0.15, 0.2) is 0 Å². The van der Waals surface area contributed by atoms with Gasteiger partial charge < -0.3 is 14.2 Å². The Hall–Kier alpha value is -2.37. The molecule has 1 unspecified atom stereocenters. The molecular formula is C14H16O6. The molecule has 0 bridgehead atoms. The number of hydrogen-bond donors (Lipinski definition) is 0. The van der Waals surface area contributed by atoms with Crippen molar-refractivity contribution in [2.24, 2.45) is 0 Å². The summed E-state index contributed by atoms with van der Waals surface area (Å²) in [7, 11) is 3.78. The first-order chi connectivity index (χ1) is 9.53. The molecule has 0 fully saturated rings. The van der Waals surface area contributed by atoms with Crippen LogP contribution in [0.3, 0.4) is 0 Å². The van der Waals surface area contributed by atoms with E-state index in [1.54, 1.807) is 12.1 Å². The highest BCUT2D eigenvalue weighted by atomic mass is 16.5. The zero-order valence-electron chi connectivity index (χ0n) is 11.5. The predicted molar refractivity (Wildman–Crippen MR) is 69.2 cm³/mol. The van der Waals surface area contributed by atoms with Gasteiger partial charge in [0.2, 0.25) is 0 Å². The van der Waals surface area contributed by atoms with Crippen molar-refractivity contribution in [3.05, 3.63) is 35.4 Å². The van der Waals surface area contributed by atoms with Crippen LogP contribution in [0.1, 0.15) is 28.3 Å². The van der Waals surface area contributed by atoms with Crippen LogP contribution in [0.15, 0.2) is 24.3 Å². The number of ether oxygens (including phenoxy) is 3. The summed E-state index contributed by atoms with van der Waals surface area (Å²) in [4.78, 5) is 34.4. The topological polar surface area (TPSA) is 78.9 Å². The van der Waals surface area contributed by atoms with Crippen molar-refractivity contribution in [2.75, 3.05) is 21.3 Å². The van der Waals surface area contributed by atoms with Gasteiger partial charge in [0.05, 0.1) is 39.2 Å². The van der Waals surface area contributed by atoms with E-state index in [2.05, 4.69) is 14.2 Å². The minimum atomic E-state index is -0.765. The van der Waals surface area contributed by atoms with Crippen molar-refractivity contribution < 1.29 is 28.6 Å². The van der Waals surface area contributed by atoms with E-state index in [4.69, 9.17) is 0 Å². The van der Waals surface area contributed by atoms with Gasteiger partial charge >= 0.3 is 17.9 Å². The summed E-state index contributed by atoms with van der Waals surface area (Å²) >= 11 is 0. The van der Waals surface area contributed by atoms with Gasteiger partial charge in [-0.3, -0.25) is 9.59 Å². The molecule has 0 N–H and O–H groups in total. The molecule has 108 valence electrons. The van der Waals surface area contributed by atoms with Gasteiger partial charge in [-0.1, -0.05) is 12.1 Å². The SMILES string of the molecule is COC(=O)CC(C(=O)OC)c1ccc(C(=O)OC)cc1. The summed E-state index contributed by atoms with van der Waals surface area (Å²) in [6.45, 7) is 0. The Morgan fingerprint density at radius 3 is 2.00 bits per heavy atom. The van der Waals surface area contributed by atoms with Gasteiger partial charge in [0, 0.05) is 0 Å². The van der Waals surface area contributed by atoms with Gasteiger partial charge in [-0.2, -0.15) is 0 Å². The minimum Gasteiger partial charge on any atom is -0.469 e. The summed E-state index contributed by atoms with van der Waals surface area (Å²) in [6, 6.07) is 6.20. The molecule has 1 atom stereocenters. The maximum Gasteiger partial charge on any atom is 0.337 e. The highest BCUT2D eigenvalue weighted by Gasteiger charge is 2.25. The van der Waals surface area contributed by atoms with E-state index in [0.29, 0.717) is 11.1 Å². The number of benzene rings is 1. The van der Waals surface area contributed by atoms with Gasteiger partial charge in [0.25, 0.3) is 0 Å². The maximum absolute atomic E-state index is 11.7. The Morgan fingerprint density at radius 2 is 1.55 bits per heavy atom. The Bertz CT molecular complexity index is 491. The second-order valence-electron chi connectivity index (χ2n) is 3.97. The second-order valence-corrected chi connectivity index (χ2v) is 3.97. The lowest BCUT2D eigenvalue weighted by molar-refractivity contribution is -0.149. The molecular weight excluding hydrogens is 264 g/mol. The number of esters is 3. The van der Waals surface area contributed by atoms with E-state index in [9.17, 15) is 14.4 Å². The molecule has 0 aromatic heterocycles. The lowest BCUT2D eigenvalue weighted by Crippen LogP contribution is -2.19. The molecule has 0 aliphatic heterocycles. The van der Waals surface area contributed by atoms with Crippen molar-refractivity contribution >= 4 is 17.9 Å². The molecule has 0 heterocycles. The Labute approximate surface area is 116 Å². The van der Waals surface area contributed by atoms with Gasteiger partial charge in [-0.15, -0.1) is 0 Å². The molecule has 1 rings (SSSR count). The fourth-order valence-electron chi connectivity index (χ4n) is 1.70. The lowest BCUT2D eigenvalue weighted by Gasteiger charge is -2.14. The van der Waals surface area contributed by atoms with E-state index < -0.39 is 23.8 Å². The maximum atomic E-state index is 11.7. The molecule has 0 amide bonds. The fraction of sp³-hybridized carbons (Fsp3) is 0.357. The largest absolute Gasteiger partial charge is 0.469 e. The van der Waals surface area contributed by atoms with Crippen molar-refractivity contribution in [2.45, 2.75) is 12.3 Å². The summed E-state index contributed by atoms with van der Waals surface area (Å²) in [5, 5.41) is 0. The van der Waals surface area contributed by atoms with Crippen LogP contribution in [0.2, 0.25) is 0 Å². The summed E-state index contributed by atoms with van der Waals surface area (Å²) in [5.41, 5.74) is 0.924. The van der Waals surface area contributed by atoms with Gasteiger partial charge in [-0.05, 0) is 17.7 Å². The van der Waals surface area contributed by atoms with Crippen molar-refractivity contribution in [1.29, 1.82) is 0 Å². The Kier molecular flexibility index (Phi) is 5.71. The van der Waals surface area contributed by atoms with Crippen molar-refractivity contribution in [3.8, 4) is 0 Å². The standard InChI is InChI=1S/C14H16O6/c1-18-12(15)8-11(14(17)20-3)9-4-6-10(7-5-9)13(16)19-2/h4-7,11H,8H2,1-3H3. The van der Waals surface area contributed by atoms with Crippen molar-refractivity contribution in [3.63, 3.8) is 0 Å². The second kappa shape index (κ2) is 7.28. The third-order valence-corrected chi connectivity index (χ3v) is 2.82. The summed E-state index contributed by atoms with van der Waals surface area (Å²) < 4.78 is 13.8. The van der Waals surface area contributed by atoms with E-state index in [0.717, 1.165) is 0 Å². The molecule has 0 saturated heterocycles. The quantitative estimate of drug-likeness (QED) is 0.597. The Balaban J connectivity index is 2.99. The van der Waals surface area contributed by atoms with Crippen LogP contribution < -0.4 is 0 Å². The average Bonchev–Trinajstić information content (AvgIpc) is 2.50. The molecule has 0 aliphatic rings. The average molecular weight is 280 g/mol. The van der Waals surface area contributed by atoms with Crippen LogP contribution in [0.5, 0.6) is 0 Å². The first-order valence-electron chi connectivity index (χ1n) is 5.86. The van der Waals surface area contributed by atoms with Crippen LogP contribution in [0, 0.1) is 0 Å². The van der Waals surface area contributed by atoms with E-state index in [-0.39, 0.29) is 6.42 Å². The number of carbonyl (C=O) groups is 3. The molecule has 20 heavy (non-hydrogen) atoms. The molecule has 0 spiro atoms. The molecule has 0 aliphatic carbocycles. The number of rotatable bonds is 5. The molecule has 6 nitrogen and oxygen atoms in total. The Morgan fingerprint density at radius 1 is 0.950 bits per heavy atom. The van der Waals surface area contributed by atoms with E-state index in [1.807, 2.05) is 0 Å². The normalized spacial score (nSPS) is 11.3. The molecule has 0 saturated carbocycles. The van der Waals surface area contributed by atoms with Gasteiger partial charge in [-0.25, -0.2) is 4.79 Å². The number of carbonyl (C=O) groups excluding carboxylic acids is 3. The van der Waals surface area contributed by atoms with Gasteiger partial charge in [0.1, 0.15) is 0 Å². The summed E-state index contributed by atoms with van der Waals surface area (Å²) in [5.74, 6) is -2.29. The predicted octanol–water partition coefficient (Wildman–Crippen LogP) is 1.29. The number of methoxy groups -OCH3 is 3. The first kappa shape index (κ1) is 15.7. The van der Waals surface area contributed by atoms with Crippen LogP contribution in [-0.2, 0) is 23.8 Å². The highest BCUT2D eigenvalue weighted by molar-refractivity contribution is 5.90. The smallest absolute Gasteiger partial charge is 0.337 e. The van der Waals surface area contributed by atoms with E-state index in [1.165, 1.54) is 33.5 Å². The van der Waals surface area contributed by atoms with Crippen LogP contribution in [-0.4, -0.2) is 39.2 Å². The highest BCUT2D eigenvalue weighted by Crippen LogP contribution is 2.22. The zero-order chi connectivity index (χ0) is 15.1. The van der Waals surface area contributed by atoms with E-state index >= 15 is 0 Å². The van der Waals surface area contributed by atoms with Crippen LogP contribution in [0.25, 0.3) is 0 Å².